The van der Waals surface area contributed by atoms with Crippen molar-refractivity contribution in [3.05, 3.63) is 60.4 Å². The zero-order valence-electron chi connectivity index (χ0n) is 16.2. The smallest absolute Gasteiger partial charge is 0.270 e. The van der Waals surface area contributed by atoms with Gasteiger partial charge in [0.1, 0.15) is 5.69 Å². The van der Waals surface area contributed by atoms with Gasteiger partial charge in [-0.15, -0.1) is 0 Å². The van der Waals surface area contributed by atoms with Gasteiger partial charge in [-0.3, -0.25) is 9.78 Å². The van der Waals surface area contributed by atoms with Crippen molar-refractivity contribution in [3.8, 4) is 11.1 Å². The Balaban J connectivity index is 1.50. The molecule has 3 aromatic rings. The number of aryl methyl sites for hydroxylation is 1. The molecule has 0 bridgehead atoms. The summed E-state index contributed by atoms with van der Waals surface area (Å²) < 4.78 is 1.85. The Bertz CT molecular complexity index is 945. The van der Waals surface area contributed by atoms with Gasteiger partial charge in [0.2, 0.25) is 5.95 Å². The topological polar surface area (TPSA) is 67.2 Å². The molecule has 1 aliphatic rings. The number of nitrogens with zero attached hydrogens (tertiary/aromatic N) is 6. The fraction of sp³-hybridized carbons (Fsp3) is 0.333. The Kier molecular flexibility index (Phi) is 5.06. The average molecular weight is 376 g/mol. The normalized spacial score (nSPS) is 13.7. The molecule has 0 atom stereocenters. The maximum Gasteiger partial charge on any atom is 0.270 e. The number of carbonyl (C=O) groups excluding carboxylic acids is 1. The van der Waals surface area contributed by atoms with E-state index >= 15 is 0 Å². The summed E-state index contributed by atoms with van der Waals surface area (Å²) in [5, 5.41) is 0. The molecule has 4 rings (SSSR count). The second-order valence-corrected chi connectivity index (χ2v) is 7.17. The van der Waals surface area contributed by atoms with Gasteiger partial charge < -0.3 is 14.4 Å². The molecule has 28 heavy (non-hydrogen) atoms. The van der Waals surface area contributed by atoms with Crippen LogP contribution in [0.2, 0.25) is 0 Å². The van der Waals surface area contributed by atoms with E-state index in [2.05, 4.69) is 19.9 Å². The third kappa shape index (κ3) is 3.74. The molecule has 7 heteroatoms. The van der Waals surface area contributed by atoms with Crippen LogP contribution in [-0.2, 0) is 13.6 Å². The maximum atomic E-state index is 12.9. The van der Waals surface area contributed by atoms with E-state index in [1.165, 1.54) is 12.8 Å². The monoisotopic (exact) mass is 376 g/mol. The molecule has 0 aromatic carbocycles. The van der Waals surface area contributed by atoms with Crippen molar-refractivity contribution in [3.63, 3.8) is 0 Å². The van der Waals surface area contributed by atoms with Crippen LogP contribution in [0.15, 0.2) is 49.1 Å². The molecule has 0 unspecified atom stereocenters. The first kappa shape index (κ1) is 18.2. The second-order valence-electron chi connectivity index (χ2n) is 7.17. The molecule has 1 fully saturated rings. The van der Waals surface area contributed by atoms with Crippen molar-refractivity contribution in [1.29, 1.82) is 0 Å². The molecular formula is C21H24N6O. The maximum absolute atomic E-state index is 12.9. The van der Waals surface area contributed by atoms with Crippen LogP contribution in [0.1, 0.15) is 29.0 Å². The molecular weight excluding hydrogens is 352 g/mol. The van der Waals surface area contributed by atoms with E-state index in [4.69, 9.17) is 0 Å². The molecule has 0 aliphatic carbocycles. The van der Waals surface area contributed by atoms with Crippen molar-refractivity contribution in [2.75, 3.05) is 25.0 Å². The van der Waals surface area contributed by atoms with Gasteiger partial charge in [0.25, 0.3) is 5.91 Å². The molecule has 0 radical (unpaired) electrons. The van der Waals surface area contributed by atoms with Crippen LogP contribution >= 0.6 is 0 Å². The highest BCUT2D eigenvalue weighted by Crippen LogP contribution is 2.23. The van der Waals surface area contributed by atoms with Gasteiger partial charge in [-0.2, -0.15) is 0 Å². The van der Waals surface area contributed by atoms with Crippen molar-refractivity contribution in [2.45, 2.75) is 19.4 Å². The van der Waals surface area contributed by atoms with Gasteiger partial charge in [-0.05, 0) is 31.0 Å². The van der Waals surface area contributed by atoms with Crippen LogP contribution in [0, 0.1) is 0 Å². The summed E-state index contributed by atoms with van der Waals surface area (Å²) in [6.07, 6.45) is 9.74. The Morgan fingerprint density at radius 2 is 1.86 bits per heavy atom. The predicted octanol–water partition coefficient (Wildman–Crippen LogP) is 2.75. The van der Waals surface area contributed by atoms with E-state index in [-0.39, 0.29) is 5.91 Å². The molecule has 4 heterocycles. The minimum Gasteiger partial charge on any atom is -0.346 e. The van der Waals surface area contributed by atoms with Gasteiger partial charge in [0.15, 0.2) is 0 Å². The van der Waals surface area contributed by atoms with Gasteiger partial charge in [0, 0.05) is 63.1 Å². The highest BCUT2D eigenvalue weighted by molar-refractivity contribution is 5.94. The molecule has 3 aromatic heterocycles. The number of amides is 1. The number of aromatic nitrogens is 4. The lowest BCUT2D eigenvalue weighted by molar-refractivity contribution is 0.0774. The summed E-state index contributed by atoms with van der Waals surface area (Å²) in [6, 6.07) is 7.60. The summed E-state index contributed by atoms with van der Waals surface area (Å²) >= 11 is 0. The number of hydrogen-bond donors (Lipinski definition) is 0. The average Bonchev–Trinajstić information content (AvgIpc) is 3.38. The number of carbonyl (C=O) groups is 1. The number of rotatable bonds is 5. The third-order valence-corrected chi connectivity index (χ3v) is 5.06. The standard InChI is InChI=1S/C21H24N6O/c1-25-14-16(17-12-23-21(24-13-17)27-9-5-6-10-27)11-19(25)20(28)26(2)15-18-7-3-4-8-22-18/h3-4,7-8,11-14H,5-6,9-10,15H2,1-2H3. The molecule has 0 saturated carbocycles. The lowest BCUT2D eigenvalue weighted by atomic mass is 10.2. The minimum atomic E-state index is -0.0472. The van der Waals surface area contributed by atoms with Crippen molar-refractivity contribution >= 4 is 11.9 Å². The SMILES string of the molecule is CN(Cc1ccccn1)C(=O)c1cc(-c2cnc(N3CCCC3)nc2)cn1C. The van der Waals surface area contributed by atoms with Crippen LogP contribution in [0.25, 0.3) is 11.1 Å². The summed E-state index contributed by atoms with van der Waals surface area (Å²) in [5.74, 6) is 0.734. The van der Waals surface area contributed by atoms with E-state index in [0.29, 0.717) is 12.2 Å². The summed E-state index contributed by atoms with van der Waals surface area (Å²) in [7, 11) is 3.67. The van der Waals surface area contributed by atoms with Crippen LogP contribution in [0.4, 0.5) is 5.95 Å². The van der Waals surface area contributed by atoms with Crippen molar-refractivity contribution in [1.82, 2.24) is 24.4 Å². The highest BCUT2D eigenvalue weighted by atomic mass is 16.2. The van der Waals surface area contributed by atoms with E-state index < -0.39 is 0 Å². The molecule has 1 saturated heterocycles. The lowest BCUT2D eigenvalue weighted by Crippen LogP contribution is -2.28. The number of hydrogen-bond acceptors (Lipinski definition) is 5. The summed E-state index contributed by atoms with van der Waals surface area (Å²) in [4.78, 5) is 30.1. The second kappa shape index (κ2) is 7.80. The third-order valence-electron chi connectivity index (χ3n) is 5.06. The van der Waals surface area contributed by atoms with Crippen molar-refractivity contribution < 1.29 is 4.79 Å². The minimum absolute atomic E-state index is 0.0472. The van der Waals surface area contributed by atoms with E-state index in [0.717, 1.165) is 35.9 Å². The first-order valence-corrected chi connectivity index (χ1v) is 9.51. The van der Waals surface area contributed by atoms with Crippen LogP contribution < -0.4 is 4.90 Å². The Hall–Kier alpha value is -3.22. The number of pyridine rings is 1. The number of anilines is 1. The summed E-state index contributed by atoms with van der Waals surface area (Å²) in [5.41, 5.74) is 3.32. The van der Waals surface area contributed by atoms with Gasteiger partial charge in [-0.1, -0.05) is 6.07 Å². The van der Waals surface area contributed by atoms with Gasteiger partial charge >= 0.3 is 0 Å². The quantitative estimate of drug-likeness (QED) is 0.685. The largest absolute Gasteiger partial charge is 0.346 e. The van der Waals surface area contributed by atoms with Gasteiger partial charge in [0.05, 0.1) is 12.2 Å². The van der Waals surface area contributed by atoms with E-state index in [1.807, 2.05) is 54.5 Å². The predicted molar refractivity (Wildman–Crippen MR) is 108 cm³/mol. The molecule has 7 nitrogen and oxygen atoms in total. The highest BCUT2D eigenvalue weighted by Gasteiger charge is 2.19. The summed E-state index contributed by atoms with van der Waals surface area (Å²) in [6.45, 7) is 2.51. The fourth-order valence-electron chi connectivity index (χ4n) is 3.49. The van der Waals surface area contributed by atoms with E-state index in [9.17, 15) is 4.79 Å². The molecule has 1 aliphatic heterocycles. The Morgan fingerprint density at radius 1 is 1.11 bits per heavy atom. The first-order chi connectivity index (χ1) is 13.6. The van der Waals surface area contributed by atoms with Crippen molar-refractivity contribution in [2.24, 2.45) is 7.05 Å². The van der Waals surface area contributed by atoms with Crippen LogP contribution in [-0.4, -0.2) is 50.5 Å². The Morgan fingerprint density at radius 3 is 2.54 bits per heavy atom. The fourth-order valence-corrected chi connectivity index (χ4v) is 3.49. The molecule has 144 valence electrons. The zero-order valence-corrected chi connectivity index (χ0v) is 16.2. The van der Waals surface area contributed by atoms with E-state index in [1.54, 1.807) is 18.1 Å². The van der Waals surface area contributed by atoms with Crippen LogP contribution in [0.3, 0.4) is 0 Å². The van der Waals surface area contributed by atoms with Crippen LogP contribution in [0.5, 0.6) is 0 Å². The lowest BCUT2D eigenvalue weighted by Gasteiger charge is -2.16. The van der Waals surface area contributed by atoms with Gasteiger partial charge in [-0.25, -0.2) is 9.97 Å². The molecule has 0 spiro atoms. The Labute approximate surface area is 164 Å². The first-order valence-electron chi connectivity index (χ1n) is 9.51. The molecule has 1 amide bonds. The zero-order chi connectivity index (χ0) is 19.5. The molecule has 0 N–H and O–H groups in total.